The van der Waals surface area contributed by atoms with Crippen LogP contribution >= 0.6 is 15.9 Å². The zero-order valence-corrected chi connectivity index (χ0v) is 11.2. The van der Waals surface area contributed by atoms with E-state index < -0.39 is 12.1 Å². The van der Waals surface area contributed by atoms with E-state index >= 15 is 0 Å². The van der Waals surface area contributed by atoms with Gasteiger partial charge in [-0.3, -0.25) is 0 Å². The minimum Gasteiger partial charge on any atom is -0.479 e. The molecule has 1 aromatic rings. The van der Waals surface area contributed by atoms with Crippen molar-refractivity contribution in [1.82, 2.24) is 0 Å². The minimum atomic E-state index is -0.944. The molecule has 0 heterocycles. The Bertz CT molecular complexity index is 415. The third-order valence-corrected chi connectivity index (χ3v) is 2.80. The van der Waals surface area contributed by atoms with E-state index in [9.17, 15) is 4.79 Å². The first-order valence-corrected chi connectivity index (χ1v) is 6.16. The number of rotatable bonds is 6. The molecule has 1 rings (SSSR count). The van der Waals surface area contributed by atoms with E-state index in [2.05, 4.69) is 22.5 Å². The third-order valence-electron chi connectivity index (χ3n) is 2.30. The normalized spacial score (nSPS) is 11.9. The second kappa shape index (κ2) is 6.45. The summed E-state index contributed by atoms with van der Waals surface area (Å²) in [5.41, 5.74) is 0.925. The van der Waals surface area contributed by atoms with Crippen LogP contribution in [-0.2, 0) is 11.2 Å². The highest BCUT2D eigenvalue weighted by molar-refractivity contribution is 9.10. The Balaban J connectivity index is 2.96. The van der Waals surface area contributed by atoms with Gasteiger partial charge in [0.1, 0.15) is 5.75 Å². The number of hydrogen-bond acceptors (Lipinski definition) is 2. The Morgan fingerprint density at radius 2 is 2.35 bits per heavy atom. The summed E-state index contributed by atoms with van der Waals surface area (Å²) in [4.78, 5) is 10.9. The van der Waals surface area contributed by atoms with E-state index in [1.54, 1.807) is 19.1 Å². The van der Waals surface area contributed by atoms with Crippen molar-refractivity contribution in [3.8, 4) is 5.75 Å². The smallest absolute Gasteiger partial charge is 0.344 e. The maximum absolute atomic E-state index is 10.9. The molecule has 0 aromatic heterocycles. The van der Waals surface area contributed by atoms with Crippen LogP contribution in [-0.4, -0.2) is 17.2 Å². The Kier molecular flexibility index (Phi) is 5.22. The molecule has 3 nitrogen and oxygen atoms in total. The van der Waals surface area contributed by atoms with Crippen LogP contribution < -0.4 is 4.74 Å². The molecular weight excluding hydrogens is 284 g/mol. The van der Waals surface area contributed by atoms with Crippen LogP contribution in [0.2, 0.25) is 0 Å². The summed E-state index contributed by atoms with van der Waals surface area (Å²) < 4.78 is 6.43. The second-order valence-electron chi connectivity index (χ2n) is 3.60. The van der Waals surface area contributed by atoms with Gasteiger partial charge in [0.25, 0.3) is 0 Å². The lowest BCUT2D eigenvalue weighted by Crippen LogP contribution is -2.26. The number of allylic oxidation sites excluding steroid dienone is 1. The van der Waals surface area contributed by atoms with Crippen LogP contribution in [0.15, 0.2) is 35.3 Å². The molecule has 0 aliphatic heterocycles. The molecule has 0 fully saturated rings. The lowest BCUT2D eigenvalue weighted by Gasteiger charge is -2.16. The van der Waals surface area contributed by atoms with Crippen molar-refractivity contribution in [2.75, 3.05) is 0 Å². The number of carboxylic acid groups (broad SMARTS) is 1. The Labute approximate surface area is 109 Å². The fraction of sp³-hybridized carbons (Fsp3) is 0.308. The highest BCUT2D eigenvalue weighted by atomic mass is 79.9. The highest BCUT2D eigenvalue weighted by Gasteiger charge is 2.18. The summed E-state index contributed by atoms with van der Waals surface area (Å²) in [6.45, 7) is 5.46. The minimum absolute atomic E-state index is 0.429. The first-order chi connectivity index (χ1) is 8.08. The molecule has 1 atom stereocenters. The molecule has 1 aromatic carbocycles. The van der Waals surface area contributed by atoms with Gasteiger partial charge in [-0.2, -0.15) is 0 Å². The van der Waals surface area contributed by atoms with Crippen molar-refractivity contribution < 1.29 is 14.6 Å². The average Bonchev–Trinajstić information content (AvgIpc) is 2.28. The quantitative estimate of drug-likeness (QED) is 0.819. The van der Waals surface area contributed by atoms with Gasteiger partial charge in [0.2, 0.25) is 0 Å². The molecule has 0 aliphatic rings. The van der Waals surface area contributed by atoms with Crippen LogP contribution in [0.5, 0.6) is 5.75 Å². The van der Waals surface area contributed by atoms with Gasteiger partial charge in [0.05, 0.1) is 0 Å². The topological polar surface area (TPSA) is 46.5 Å². The van der Waals surface area contributed by atoms with Gasteiger partial charge in [-0.05, 0) is 36.6 Å². The molecule has 4 heteroatoms. The number of aliphatic carboxylic acids is 1. The van der Waals surface area contributed by atoms with E-state index in [0.29, 0.717) is 18.6 Å². The second-order valence-corrected chi connectivity index (χ2v) is 4.51. The van der Waals surface area contributed by atoms with E-state index in [-0.39, 0.29) is 0 Å². The lowest BCUT2D eigenvalue weighted by atomic mass is 10.1. The molecule has 92 valence electrons. The number of ether oxygens (including phenoxy) is 1. The Morgan fingerprint density at radius 1 is 1.65 bits per heavy atom. The van der Waals surface area contributed by atoms with Crippen molar-refractivity contribution in [2.45, 2.75) is 25.9 Å². The van der Waals surface area contributed by atoms with Crippen LogP contribution in [0.3, 0.4) is 0 Å². The zero-order valence-electron chi connectivity index (χ0n) is 9.65. The van der Waals surface area contributed by atoms with Crippen LogP contribution in [0, 0.1) is 0 Å². The summed E-state index contributed by atoms with van der Waals surface area (Å²) in [7, 11) is 0. The van der Waals surface area contributed by atoms with Gasteiger partial charge >= 0.3 is 5.97 Å². The number of hydrogen-bond donors (Lipinski definition) is 1. The Hall–Kier alpha value is -1.29. The van der Waals surface area contributed by atoms with Gasteiger partial charge in [0.15, 0.2) is 6.10 Å². The van der Waals surface area contributed by atoms with Crippen LogP contribution in [0.1, 0.15) is 18.9 Å². The summed E-state index contributed by atoms with van der Waals surface area (Å²) in [5.74, 6) is -0.345. The molecule has 17 heavy (non-hydrogen) atoms. The molecule has 0 spiro atoms. The Morgan fingerprint density at radius 3 is 2.88 bits per heavy atom. The highest BCUT2D eigenvalue weighted by Crippen LogP contribution is 2.25. The zero-order chi connectivity index (χ0) is 12.8. The average molecular weight is 299 g/mol. The number of carbonyl (C=O) groups is 1. The van der Waals surface area contributed by atoms with Crippen LogP contribution in [0.4, 0.5) is 0 Å². The van der Waals surface area contributed by atoms with Crippen molar-refractivity contribution in [3.63, 3.8) is 0 Å². The van der Waals surface area contributed by atoms with Crippen molar-refractivity contribution in [3.05, 3.63) is 40.9 Å². The summed E-state index contributed by atoms with van der Waals surface area (Å²) in [5, 5.41) is 8.96. The first kappa shape index (κ1) is 13.8. The van der Waals surface area contributed by atoms with Gasteiger partial charge < -0.3 is 9.84 Å². The summed E-state index contributed by atoms with van der Waals surface area (Å²) in [6.07, 6.45) is 2.03. The monoisotopic (exact) mass is 298 g/mol. The number of halogens is 1. The van der Waals surface area contributed by atoms with Crippen molar-refractivity contribution in [2.24, 2.45) is 0 Å². The van der Waals surface area contributed by atoms with E-state index in [1.165, 1.54) is 0 Å². The van der Waals surface area contributed by atoms with Crippen LogP contribution in [0.25, 0.3) is 0 Å². The SMILES string of the molecule is C=CCc1cc(Br)ccc1OC(CC)C(=O)O. The summed E-state index contributed by atoms with van der Waals surface area (Å²) >= 11 is 3.37. The third kappa shape index (κ3) is 3.89. The maximum atomic E-state index is 10.9. The standard InChI is InChI=1S/C13H15BrO3/c1-3-5-9-8-10(14)6-7-12(9)17-11(4-2)13(15)16/h3,6-8,11H,1,4-5H2,2H3,(H,15,16). The molecule has 0 saturated carbocycles. The van der Waals surface area contributed by atoms with E-state index in [0.717, 1.165) is 10.0 Å². The predicted molar refractivity (Wildman–Crippen MR) is 70.4 cm³/mol. The largest absolute Gasteiger partial charge is 0.479 e. The molecule has 0 amide bonds. The van der Waals surface area contributed by atoms with Gasteiger partial charge in [-0.15, -0.1) is 6.58 Å². The molecule has 0 saturated heterocycles. The maximum Gasteiger partial charge on any atom is 0.344 e. The number of benzene rings is 1. The fourth-order valence-corrected chi connectivity index (χ4v) is 1.85. The van der Waals surface area contributed by atoms with Gasteiger partial charge in [0, 0.05) is 4.47 Å². The molecule has 0 radical (unpaired) electrons. The molecular formula is C13H15BrO3. The fourth-order valence-electron chi connectivity index (χ4n) is 1.44. The predicted octanol–water partition coefficient (Wildman–Crippen LogP) is 3.42. The molecule has 0 bridgehead atoms. The van der Waals surface area contributed by atoms with E-state index in [4.69, 9.17) is 9.84 Å². The first-order valence-electron chi connectivity index (χ1n) is 5.37. The lowest BCUT2D eigenvalue weighted by molar-refractivity contribution is -0.145. The van der Waals surface area contributed by atoms with E-state index in [1.807, 2.05) is 12.1 Å². The van der Waals surface area contributed by atoms with Gasteiger partial charge in [-0.1, -0.05) is 28.9 Å². The van der Waals surface area contributed by atoms with Crippen molar-refractivity contribution in [1.29, 1.82) is 0 Å². The molecule has 1 N–H and O–H groups in total. The van der Waals surface area contributed by atoms with Crippen molar-refractivity contribution >= 4 is 21.9 Å². The molecule has 0 aliphatic carbocycles. The van der Waals surface area contributed by atoms with Gasteiger partial charge in [-0.25, -0.2) is 4.79 Å². The molecule has 1 unspecified atom stereocenters. The summed E-state index contributed by atoms with van der Waals surface area (Å²) in [6, 6.07) is 5.51. The number of carboxylic acids is 1.